The molecule has 0 radical (unpaired) electrons. The van der Waals surface area contributed by atoms with Gasteiger partial charge in [-0.05, 0) is 92.7 Å². The number of carbonyl (C=O) groups excluding carboxylic acids is 2. The lowest BCUT2D eigenvalue weighted by atomic mass is 9.73. The van der Waals surface area contributed by atoms with Crippen molar-refractivity contribution in [1.82, 2.24) is 14.9 Å². The number of cyclic esters (lactones) is 1. The van der Waals surface area contributed by atoms with Gasteiger partial charge < -0.3 is 23.5 Å². The van der Waals surface area contributed by atoms with Crippen molar-refractivity contribution in [3.05, 3.63) is 29.6 Å². The van der Waals surface area contributed by atoms with Crippen LogP contribution >= 0.6 is 0 Å². The molecule has 1 fully saturated rings. The highest BCUT2D eigenvalue weighted by Crippen LogP contribution is 2.44. The third kappa shape index (κ3) is 9.73. The predicted octanol–water partition coefficient (Wildman–Crippen LogP) is 9.28. The van der Waals surface area contributed by atoms with Gasteiger partial charge in [-0.25, -0.2) is 4.98 Å². The molecule has 5 atom stereocenters. The number of Topliss-reactive ketones (excluding diaryl/α,β-unsaturated/α-hetero) is 1. The number of imidazole rings is 1. The van der Waals surface area contributed by atoms with E-state index in [0.29, 0.717) is 13.0 Å². The molecule has 2 heterocycles. The number of ketones is 1. The molecule has 10 heteroatoms. The number of benzene rings is 1. The summed E-state index contributed by atoms with van der Waals surface area (Å²) < 4.78 is 22.6. The molecule has 0 aliphatic carbocycles. The van der Waals surface area contributed by atoms with E-state index >= 15 is 0 Å². The molecule has 0 saturated carbocycles. The smallest absolute Gasteiger partial charge is 0.309 e. The van der Waals surface area contributed by atoms with E-state index in [1.165, 1.54) is 0 Å². The Morgan fingerprint density at radius 1 is 0.939 bits per heavy atom. The minimum Gasteiger partial charge on any atom is -0.457 e. The Labute approximate surface area is 300 Å². The molecule has 1 saturated heterocycles. The number of esters is 1. The fraction of sp³-hybridized carbons (Fsp3) is 0.769. The normalized spacial score (nSPS) is 26.2. The number of hydrogen-bond donors (Lipinski definition) is 1. The minimum atomic E-state index is -2.40. The maximum absolute atomic E-state index is 14.8. The molecular formula is C39H69N3O5Si2. The van der Waals surface area contributed by atoms with Crippen LogP contribution in [0.1, 0.15) is 112 Å². The van der Waals surface area contributed by atoms with Crippen molar-refractivity contribution in [2.45, 2.75) is 156 Å². The highest BCUT2D eigenvalue weighted by molar-refractivity contribution is 6.74. The molecule has 8 nitrogen and oxygen atoms in total. The molecule has 0 bridgehead atoms. The molecule has 49 heavy (non-hydrogen) atoms. The van der Waals surface area contributed by atoms with Gasteiger partial charge in [0.2, 0.25) is 0 Å². The number of aromatic nitrogens is 2. The lowest BCUT2D eigenvalue weighted by Gasteiger charge is -2.46. The lowest BCUT2D eigenvalue weighted by molar-refractivity contribution is -0.155. The minimum absolute atomic E-state index is 0.00382. The first-order valence-electron chi connectivity index (χ1n) is 18.5. The predicted molar refractivity (Wildman–Crippen MR) is 207 cm³/mol. The van der Waals surface area contributed by atoms with Gasteiger partial charge in [0.1, 0.15) is 17.7 Å². The second-order valence-corrected chi connectivity index (χ2v) is 27.9. The summed E-state index contributed by atoms with van der Waals surface area (Å²) in [5.41, 5.74) is 1.89. The van der Waals surface area contributed by atoms with E-state index in [0.717, 1.165) is 41.8 Å². The number of ether oxygens (including phenoxy) is 1. The van der Waals surface area contributed by atoms with Crippen LogP contribution in [0.3, 0.4) is 0 Å². The monoisotopic (exact) mass is 715 g/mol. The molecule has 1 aromatic heterocycles. The van der Waals surface area contributed by atoms with Crippen molar-refractivity contribution >= 4 is 39.4 Å². The number of nitrogens with zero attached hydrogens (tertiary/aromatic N) is 2. The first-order chi connectivity index (χ1) is 22.3. The van der Waals surface area contributed by atoms with Crippen LogP contribution in [-0.4, -0.2) is 63.2 Å². The molecule has 2 aromatic rings. The fourth-order valence-corrected chi connectivity index (χ4v) is 9.27. The summed E-state index contributed by atoms with van der Waals surface area (Å²) in [6.07, 6.45) is 1.21. The molecule has 1 aliphatic heterocycles. The molecule has 3 rings (SSSR count). The average Bonchev–Trinajstić information content (AvgIpc) is 3.26. The first kappa shape index (κ1) is 41.6. The Kier molecular flexibility index (Phi) is 13.1. The maximum atomic E-state index is 14.8. The summed E-state index contributed by atoms with van der Waals surface area (Å²) >= 11 is 0. The summed E-state index contributed by atoms with van der Waals surface area (Å²) in [4.78, 5) is 33.6. The van der Waals surface area contributed by atoms with Crippen molar-refractivity contribution in [3.63, 3.8) is 0 Å². The van der Waals surface area contributed by atoms with E-state index in [1.807, 2.05) is 46.9 Å². The SMILES string of the molecule is Cc1nc2cc([C@@H]3CCNCCC[C@H](C)[C@H](O[Si](C)(C)C(C)(C)C)[C@@H](C)C(=O)C(C)(C)[C@@H](O[Si](C)(C)C(C)(C)C)CC(=O)O3)ccc2n1C. The number of rotatable bonds is 5. The topological polar surface area (TPSA) is 91.7 Å². The third-order valence-electron chi connectivity index (χ3n) is 12.1. The number of nitrogens with one attached hydrogen (secondary N) is 1. The van der Waals surface area contributed by atoms with Gasteiger partial charge in [-0.15, -0.1) is 0 Å². The molecule has 278 valence electrons. The van der Waals surface area contributed by atoms with Gasteiger partial charge in [0.25, 0.3) is 0 Å². The number of aryl methyl sites for hydroxylation is 2. The van der Waals surface area contributed by atoms with Crippen LogP contribution in [0.2, 0.25) is 36.3 Å². The second-order valence-electron chi connectivity index (χ2n) is 18.4. The van der Waals surface area contributed by atoms with E-state index in [2.05, 4.69) is 90.6 Å². The maximum Gasteiger partial charge on any atom is 0.309 e. The highest BCUT2D eigenvalue weighted by Gasteiger charge is 2.50. The van der Waals surface area contributed by atoms with Gasteiger partial charge in [0.15, 0.2) is 16.6 Å². The van der Waals surface area contributed by atoms with E-state index < -0.39 is 34.3 Å². The van der Waals surface area contributed by atoms with Gasteiger partial charge in [0.05, 0.1) is 29.7 Å². The van der Waals surface area contributed by atoms with Crippen molar-refractivity contribution in [2.75, 3.05) is 13.1 Å². The van der Waals surface area contributed by atoms with Crippen molar-refractivity contribution < 1.29 is 23.2 Å². The van der Waals surface area contributed by atoms with Crippen LogP contribution in [0.5, 0.6) is 0 Å². The van der Waals surface area contributed by atoms with Crippen molar-refractivity contribution in [1.29, 1.82) is 0 Å². The van der Waals surface area contributed by atoms with E-state index in [1.54, 1.807) is 0 Å². The molecule has 0 spiro atoms. The van der Waals surface area contributed by atoms with Crippen LogP contribution in [0.15, 0.2) is 18.2 Å². The Morgan fingerprint density at radius 3 is 2.12 bits per heavy atom. The number of fused-ring (bicyclic) bond motifs is 1. The molecule has 0 amide bonds. The second kappa shape index (κ2) is 15.4. The zero-order valence-corrected chi connectivity index (χ0v) is 35.8. The quantitative estimate of drug-likeness (QED) is 0.244. The van der Waals surface area contributed by atoms with E-state index in [9.17, 15) is 9.59 Å². The number of carbonyl (C=O) groups is 2. The molecule has 1 aromatic carbocycles. The van der Waals surface area contributed by atoms with Crippen LogP contribution in [0.25, 0.3) is 11.0 Å². The summed E-state index contributed by atoms with van der Waals surface area (Å²) in [5, 5.41) is 3.50. The average molecular weight is 716 g/mol. The van der Waals surface area contributed by atoms with Crippen LogP contribution in [0, 0.1) is 24.2 Å². The molecule has 0 unspecified atom stereocenters. The summed E-state index contributed by atoms with van der Waals surface area (Å²) in [6.45, 7) is 34.0. The van der Waals surface area contributed by atoms with Gasteiger partial charge >= 0.3 is 5.97 Å². The summed E-state index contributed by atoms with van der Waals surface area (Å²) in [7, 11) is -2.59. The zero-order chi connectivity index (χ0) is 37.3. The standard InChI is InChI=1S/C39H69N3O5Si2/c1-26-18-17-22-40-23-21-32(29-19-20-31-30(24-29)41-28(3)42(31)12)45-34(43)25-33(46-48(13,14)37(4,5)6)39(10,11)36(44)27(2)35(26)47-49(15,16)38(7,8)9/h19-20,24,26-27,32-33,35,40H,17-18,21-23,25H2,1-16H3/t26-,27+,32-,33-,35-/m0/s1. The van der Waals surface area contributed by atoms with E-state index in [-0.39, 0.29) is 46.2 Å². The molecule has 1 aliphatic rings. The third-order valence-corrected chi connectivity index (χ3v) is 21.1. The van der Waals surface area contributed by atoms with Crippen molar-refractivity contribution in [2.24, 2.45) is 24.3 Å². The Morgan fingerprint density at radius 2 is 1.53 bits per heavy atom. The zero-order valence-electron chi connectivity index (χ0n) is 33.8. The first-order valence-corrected chi connectivity index (χ1v) is 24.3. The van der Waals surface area contributed by atoms with Crippen LogP contribution < -0.4 is 5.32 Å². The lowest BCUT2D eigenvalue weighted by Crippen LogP contribution is -2.54. The van der Waals surface area contributed by atoms with Gasteiger partial charge in [-0.2, -0.15) is 0 Å². The molecular weight excluding hydrogens is 647 g/mol. The Balaban J connectivity index is 2.06. The van der Waals surface area contributed by atoms with Gasteiger partial charge in [-0.3, -0.25) is 9.59 Å². The van der Waals surface area contributed by atoms with Gasteiger partial charge in [0, 0.05) is 24.8 Å². The summed E-state index contributed by atoms with van der Waals surface area (Å²) in [6, 6.07) is 6.14. The Hall–Kier alpha value is -1.86. The summed E-state index contributed by atoms with van der Waals surface area (Å²) in [5.74, 6) is 0.473. The van der Waals surface area contributed by atoms with E-state index in [4.69, 9.17) is 18.6 Å². The van der Waals surface area contributed by atoms with Gasteiger partial charge in [-0.1, -0.05) is 75.3 Å². The Bertz CT molecular complexity index is 1450. The fourth-order valence-electron chi connectivity index (χ4n) is 6.36. The largest absolute Gasteiger partial charge is 0.457 e. The van der Waals surface area contributed by atoms with Crippen LogP contribution in [0.4, 0.5) is 0 Å². The number of hydrogen-bond acceptors (Lipinski definition) is 7. The van der Waals surface area contributed by atoms with Crippen LogP contribution in [-0.2, 0) is 30.2 Å². The highest BCUT2D eigenvalue weighted by atomic mass is 28.4. The van der Waals surface area contributed by atoms with Crippen molar-refractivity contribution in [3.8, 4) is 0 Å². The molecule has 1 N–H and O–H groups in total.